The van der Waals surface area contributed by atoms with Crippen molar-refractivity contribution in [3.63, 3.8) is 0 Å². The summed E-state index contributed by atoms with van der Waals surface area (Å²) in [7, 11) is -3.51. The Labute approximate surface area is 263 Å². The third-order valence-electron chi connectivity index (χ3n) is 7.76. The predicted octanol–water partition coefficient (Wildman–Crippen LogP) is 6.39. The van der Waals surface area contributed by atoms with Crippen LogP contribution in [0, 0.1) is 6.92 Å². The summed E-state index contributed by atoms with van der Waals surface area (Å²) in [5.74, 6) is 0.399. The van der Waals surface area contributed by atoms with Crippen LogP contribution in [0.2, 0.25) is 0 Å². The van der Waals surface area contributed by atoms with Crippen molar-refractivity contribution < 1.29 is 13.2 Å². The number of nitrogens with zero attached hydrogens (tertiary/aromatic N) is 5. The molecule has 9 nitrogen and oxygen atoms in total. The van der Waals surface area contributed by atoms with Gasteiger partial charge in [0.05, 0.1) is 10.6 Å². The van der Waals surface area contributed by atoms with Gasteiger partial charge in [-0.05, 0) is 79.2 Å². The highest BCUT2D eigenvalue weighted by molar-refractivity contribution is 7.89. The minimum atomic E-state index is -3.51. The second-order valence-corrected chi connectivity index (χ2v) is 12.8. The molecule has 6 rings (SSSR count). The molecule has 0 radical (unpaired) electrons. The van der Waals surface area contributed by atoms with Crippen molar-refractivity contribution in [2.45, 2.75) is 18.7 Å². The fraction of sp³-hybridized carbons (Fsp3) is 0.171. The fourth-order valence-corrected chi connectivity index (χ4v) is 6.97. The summed E-state index contributed by atoms with van der Waals surface area (Å²) < 4.78 is 27.8. The maximum atomic E-state index is 13.1. The number of carbonyl (C=O) groups excluding carboxylic acids is 1. The number of piperazine rings is 1. The number of para-hydroxylation sites is 1. The lowest BCUT2D eigenvalue weighted by Gasteiger charge is -2.35. The number of amides is 1. The van der Waals surface area contributed by atoms with Crippen LogP contribution in [0.4, 0.5) is 28.7 Å². The van der Waals surface area contributed by atoms with E-state index in [1.165, 1.54) is 0 Å². The quantitative estimate of drug-likeness (QED) is 0.215. The molecule has 5 aromatic rings. The molecule has 1 aliphatic heterocycles. The first-order valence-corrected chi connectivity index (χ1v) is 16.2. The number of benzene rings is 4. The number of sulfonamides is 1. The van der Waals surface area contributed by atoms with E-state index in [0.717, 1.165) is 39.6 Å². The lowest BCUT2D eigenvalue weighted by molar-refractivity contribution is -0.115. The van der Waals surface area contributed by atoms with Crippen molar-refractivity contribution in [1.82, 2.24) is 14.3 Å². The lowest BCUT2D eigenvalue weighted by atomic mass is 10.1. The summed E-state index contributed by atoms with van der Waals surface area (Å²) >= 11 is 0. The fourth-order valence-electron chi connectivity index (χ4n) is 5.45. The standard InChI is InChI=1S/C35H34N6O3S/c1-26-7-6-10-33(25-26)45(43,44)40-23-21-39(22-24-40)30-17-13-29(14-18-30)37-35-36-20-19-34(38-35)28-11-15-32(16-12-28)41(27(2)42)31-8-4-3-5-9-31/h3-20,25H,21-24H2,1-2H3,(H,36,37,38). The summed E-state index contributed by atoms with van der Waals surface area (Å²) in [4.78, 5) is 25.7. The summed E-state index contributed by atoms with van der Waals surface area (Å²) in [5.41, 5.74) is 6.04. The van der Waals surface area contributed by atoms with Gasteiger partial charge in [-0.1, -0.05) is 42.5 Å². The van der Waals surface area contributed by atoms with E-state index in [2.05, 4.69) is 15.2 Å². The second-order valence-electron chi connectivity index (χ2n) is 10.9. The van der Waals surface area contributed by atoms with Crippen LogP contribution in [-0.4, -0.2) is 54.8 Å². The first-order valence-electron chi connectivity index (χ1n) is 14.8. The van der Waals surface area contributed by atoms with Gasteiger partial charge in [0, 0.05) is 67.6 Å². The summed E-state index contributed by atoms with van der Waals surface area (Å²) in [5, 5.41) is 3.28. The number of nitrogens with one attached hydrogen (secondary N) is 1. The first kappa shape index (κ1) is 30.0. The zero-order valence-corrected chi connectivity index (χ0v) is 26.0. The molecule has 0 atom stereocenters. The van der Waals surface area contributed by atoms with Gasteiger partial charge in [0.15, 0.2) is 0 Å². The Hall–Kier alpha value is -5.06. The second kappa shape index (κ2) is 12.9. The van der Waals surface area contributed by atoms with E-state index < -0.39 is 10.0 Å². The summed E-state index contributed by atoms with van der Waals surface area (Å²) in [6, 6.07) is 34.1. The largest absolute Gasteiger partial charge is 0.369 e. The van der Waals surface area contributed by atoms with Gasteiger partial charge >= 0.3 is 0 Å². The third-order valence-corrected chi connectivity index (χ3v) is 9.66. The SMILES string of the molecule is CC(=O)N(c1ccccc1)c1ccc(-c2ccnc(Nc3ccc(N4CCN(S(=O)(=O)c5cccc(C)c5)CC4)cc3)n2)cc1. The topological polar surface area (TPSA) is 98.7 Å². The Morgan fingerprint density at radius 2 is 1.49 bits per heavy atom. The molecule has 2 heterocycles. The van der Waals surface area contributed by atoms with E-state index in [0.29, 0.717) is 37.0 Å². The molecule has 0 saturated carbocycles. The van der Waals surface area contributed by atoms with Gasteiger partial charge < -0.3 is 10.2 Å². The molecule has 1 fully saturated rings. The van der Waals surface area contributed by atoms with Gasteiger partial charge in [-0.25, -0.2) is 18.4 Å². The number of anilines is 5. The molecule has 228 valence electrons. The van der Waals surface area contributed by atoms with Crippen molar-refractivity contribution >= 4 is 44.6 Å². The highest BCUT2D eigenvalue weighted by Crippen LogP contribution is 2.29. The minimum absolute atomic E-state index is 0.0678. The van der Waals surface area contributed by atoms with Crippen LogP contribution in [0.15, 0.2) is 120 Å². The van der Waals surface area contributed by atoms with Crippen LogP contribution in [0.5, 0.6) is 0 Å². The third kappa shape index (κ3) is 6.72. The highest BCUT2D eigenvalue weighted by Gasteiger charge is 2.28. The van der Waals surface area contributed by atoms with Crippen molar-refractivity contribution in [3.8, 4) is 11.3 Å². The van der Waals surface area contributed by atoms with Crippen LogP contribution in [-0.2, 0) is 14.8 Å². The van der Waals surface area contributed by atoms with E-state index in [4.69, 9.17) is 4.98 Å². The van der Waals surface area contributed by atoms with Gasteiger partial charge in [-0.15, -0.1) is 0 Å². The van der Waals surface area contributed by atoms with Gasteiger partial charge in [-0.2, -0.15) is 4.31 Å². The van der Waals surface area contributed by atoms with Gasteiger partial charge in [0.2, 0.25) is 21.9 Å². The zero-order chi connectivity index (χ0) is 31.4. The molecule has 0 aliphatic carbocycles. The maximum Gasteiger partial charge on any atom is 0.243 e. The number of carbonyl (C=O) groups is 1. The van der Waals surface area contributed by atoms with Crippen LogP contribution in [0.3, 0.4) is 0 Å². The summed E-state index contributed by atoms with van der Waals surface area (Å²) in [6.45, 7) is 5.52. The monoisotopic (exact) mass is 618 g/mol. The Balaban J connectivity index is 1.09. The number of aromatic nitrogens is 2. The summed E-state index contributed by atoms with van der Waals surface area (Å²) in [6.07, 6.45) is 1.71. The molecule has 4 aromatic carbocycles. The van der Waals surface area contributed by atoms with E-state index in [1.807, 2.05) is 97.9 Å². The van der Waals surface area contributed by atoms with Crippen LogP contribution >= 0.6 is 0 Å². The van der Waals surface area contributed by atoms with E-state index in [9.17, 15) is 13.2 Å². The van der Waals surface area contributed by atoms with Crippen LogP contribution in [0.25, 0.3) is 11.3 Å². The molecule has 1 aromatic heterocycles. The molecule has 1 saturated heterocycles. The van der Waals surface area contributed by atoms with Gasteiger partial charge in [0.25, 0.3) is 0 Å². The van der Waals surface area contributed by atoms with Crippen LogP contribution < -0.4 is 15.1 Å². The number of aryl methyl sites for hydroxylation is 1. The van der Waals surface area contributed by atoms with E-state index >= 15 is 0 Å². The Morgan fingerprint density at radius 1 is 0.800 bits per heavy atom. The first-order chi connectivity index (χ1) is 21.8. The predicted molar refractivity (Wildman–Crippen MR) is 179 cm³/mol. The maximum absolute atomic E-state index is 13.1. The minimum Gasteiger partial charge on any atom is -0.369 e. The molecule has 1 amide bonds. The smallest absolute Gasteiger partial charge is 0.243 e. The molecule has 0 unspecified atom stereocenters. The highest BCUT2D eigenvalue weighted by atomic mass is 32.2. The Bertz CT molecular complexity index is 1890. The molecule has 0 bridgehead atoms. The molecule has 10 heteroatoms. The zero-order valence-electron chi connectivity index (χ0n) is 25.2. The Kier molecular flexibility index (Phi) is 8.59. The molecular formula is C35H34N6O3S. The molecule has 1 N–H and O–H groups in total. The average molecular weight is 619 g/mol. The molecule has 1 aliphatic rings. The number of rotatable bonds is 8. The normalized spacial score (nSPS) is 13.8. The van der Waals surface area contributed by atoms with Gasteiger partial charge in [-0.3, -0.25) is 9.69 Å². The lowest BCUT2D eigenvalue weighted by Crippen LogP contribution is -2.48. The molecular weight excluding hydrogens is 584 g/mol. The van der Waals surface area contributed by atoms with Crippen molar-refractivity contribution in [3.05, 3.63) is 121 Å². The van der Waals surface area contributed by atoms with E-state index in [-0.39, 0.29) is 5.91 Å². The van der Waals surface area contributed by atoms with Crippen molar-refractivity contribution in [1.29, 1.82) is 0 Å². The van der Waals surface area contributed by atoms with Gasteiger partial charge in [0.1, 0.15) is 0 Å². The molecule has 45 heavy (non-hydrogen) atoms. The number of hydrogen-bond donors (Lipinski definition) is 1. The average Bonchev–Trinajstić information content (AvgIpc) is 3.06. The number of hydrogen-bond acceptors (Lipinski definition) is 7. The Morgan fingerprint density at radius 3 is 2.16 bits per heavy atom. The molecule has 0 spiro atoms. The van der Waals surface area contributed by atoms with Crippen molar-refractivity contribution in [2.75, 3.05) is 41.3 Å². The van der Waals surface area contributed by atoms with Crippen molar-refractivity contribution in [2.24, 2.45) is 0 Å². The van der Waals surface area contributed by atoms with E-state index in [1.54, 1.807) is 40.5 Å². The van der Waals surface area contributed by atoms with Crippen LogP contribution in [0.1, 0.15) is 12.5 Å².